The van der Waals surface area contributed by atoms with E-state index in [1.165, 1.54) is 5.56 Å². The Kier molecular flexibility index (Phi) is 5.31. The van der Waals surface area contributed by atoms with Crippen molar-refractivity contribution in [1.29, 1.82) is 0 Å². The van der Waals surface area contributed by atoms with Crippen LogP contribution in [0.5, 0.6) is 6.01 Å². The number of hydrogen-bond acceptors (Lipinski definition) is 6. The Labute approximate surface area is 125 Å². The summed E-state index contributed by atoms with van der Waals surface area (Å²) >= 11 is 0. The van der Waals surface area contributed by atoms with Crippen LogP contribution in [0, 0.1) is 0 Å². The highest BCUT2D eigenvalue weighted by molar-refractivity contribution is 5.35. The monoisotopic (exact) mass is 287 g/mol. The molecule has 21 heavy (non-hydrogen) atoms. The molecule has 112 valence electrons. The molecule has 0 saturated carbocycles. The van der Waals surface area contributed by atoms with Crippen molar-refractivity contribution in [3.05, 3.63) is 35.9 Å². The van der Waals surface area contributed by atoms with Gasteiger partial charge in [0.15, 0.2) is 0 Å². The molecule has 0 atom stereocenters. The van der Waals surface area contributed by atoms with Gasteiger partial charge in [0.1, 0.15) is 0 Å². The van der Waals surface area contributed by atoms with Gasteiger partial charge in [-0.1, -0.05) is 30.3 Å². The Morgan fingerprint density at radius 1 is 1.05 bits per heavy atom. The molecule has 1 heterocycles. The van der Waals surface area contributed by atoms with E-state index >= 15 is 0 Å². The molecule has 0 bridgehead atoms. The van der Waals surface area contributed by atoms with Gasteiger partial charge < -0.3 is 15.4 Å². The highest BCUT2D eigenvalue weighted by atomic mass is 16.5. The predicted molar refractivity (Wildman–Crippen MR) is 83.8 cm³/mol. The van der Waals surface area contributed by atoms with Gasteiger partial charge in [0.05, 0.1) is 6.10 Å². The van der Waals surface area contributed by atoms with Gasteiger partial charge in [-0.3, -0.25) is 0 Å². The average molecular weight is 287 g/mol. The topological polar surface area (TPSA) is 72.0 Å². The van der Waals surface area contributed by atoms with Crippen molar-refractivity contribution in [1.82, 2.24) is 15.0 Å². The van der Waals surface area contributed by atoms with E-state index in [9.17, 15) is 0 Å². The molecule has 0 unspecified atom stereocenters. The van der Waals surface area contributed by atoms with E-state index in [1.807, 2.05) is 32.0 Å². The second-order valence-electron chi connectivity index (χ2n) is 4.84. The fourth-order valence-electron chi connectivity index (χ4n) is 1.77. The van der Waals surface area contributed by atoms with E-state index in [2.05, 4.69) is 37.7 Å². The Morgan fingerprint density at radius 3 is 2.43 bits per heavy atom. The summed E-state index contributed by atoms with van der Waals surface area (Å²) in [5, 5.41) is 6.11. The summed E-state index contributed by atoms with van der Waals surface area (Å²) in [6, 6.07) is 10.6. The van der Waals surface area contributed by atoms with E-state index in [0.29, 0.717) is 17.9 Å². The zero-order valence-electron chi connectivity index (χ0n) is 12.6. The normalized spacial score (nSPS) is 10.5. The lowest BCUT2D eigenvalue weighted by Gasteiger charge is -2.11. The quantitative estimate of drug-likeness (QED) is 0.814. The van der Waals surface area contributed by atoms with Gasteiger partial charge in [-0.25, -0.2) is 0 Å². The molecular weight excluding hydrogens is 266 g/mol. The smallest absolute Gasteiger partial charge is 0.323 e. The summed E-state index contributed by atoms with van der Waals surface area (Å²) < 4.78 is 5.52. The maximum Gasteiger partial charge on any atom is 0.323 e. The van der Waals surface area contributed by atoms with Crippen LogP contribution in [0.1, 0.15) is 19.4 Å². The van der Waals surface area contributed by atoms with Crippen molar-refractivity contribution in [3.8, 4) is 6.01 Å². The molecule has 2 N–H and O–H groups in total. The number of ether oxygens (including phenoxy) is 1. The van der Waals surface area contributed by atoms with E-state index < -0.39 is 0 Å². The van der Waals surface area contributed by atoms with Gasteiger partial charge in [-0.15, -0.1) is 0 Å². The molecule has 0 spiro atoms. The van der Waals surface area contributed by atoms with Crippen LogP contribution in [0.3, 0.4) is 0 Å². The molecule has 0 amide bonds. The fourth-order valence-corrected chi connectivity index (χ4v) is 1.77. The third kappa shape index (κ3) is 4.91. The van der Waals surface area contributed by atoms with Crippen molar-refractivity contribution in [2.24, 2.45) is 0 Å². The number of anilines is 2. The summed E-state index contributed by atoms with van der Waals surface area (Å²) in [6.45, 7) is 4.62. The lowest BCUT2D eigenvalue weighted by molar-refractivity contribution is 0.222. The zero-order chi connectivity index (χ0) is 15.1. The van der Waals surface area contributed by atoms with Gasteiger partial charge in [-0.2, -0.15) is 15.0 Å². The average Bonchev–Trinajstić information content (AvgIpc) is 2.47. The fraction of sp³-hybridized carbons (Fsp3) is 0.400. The highest BCUT2D eigenvalue weighted by Crippen LogP contribution is 2.12. The molecule has 2 rings (SSSR count). The summed E-state index contributed by atoms with van der Waals surface area (Å²) in [6.07, 6.45) is 0.927. The van der Waals surface area contributed by atoms with Crippen LogP contribution in [0.15, 0.2) is 30.3 Å². The van der Waals surface area contributed by atoms with Crippen LogP contribution in [-0.4, -0.2) is 34.6 Å². The second-order valence-corrected chi connectivity index (χ2v) is 4.84. The zero-order valence-corrected chi connectivity index (χ0v) is 12.6. The molecule has 0 aliphatic carbocycles. The minimum Gasteiger partial charge on any atom is -0.461 e. The maximum atomic E-state index is 5.52. The molecule has 6 heteroatoms. The van der Waals surface area contributed by atoms with Crippen LogP contribution >= 0.6 is 0 Å². The molecule has 1 aromatic carbocycles. The van der Waals surface area contributed by atoms with Crippen LogP contribution in [0.4, 0.5) is 11.9 Å². The van der Waals surface area contributed by atoms with Crippen molar-refractivity contribution >= 4 is 11.9 Å². The Hall–Kier alpha value is -2.37. The van der Waals surface area contributed by atoms with E-state index in [-0.39, 0.29) is 6.10 Å². The molecule has 0 saturated heterocycles. The van der Waals surface area contributed by atoms with E-state index in [0.717, 1.165) is 13.0 Å². The SMILES string of the molecule is CNc1nc(NCCc2ccccc2)nc(OC(C)C)n1. The predicted octanol–water partition coefficient (Wildman–Crippen LogP) is 2.36. The first-order chi connectivity index (χ1) is 10.2. The van der Waals surface area contributed by atoms with Gasteiger partial charge in [0.25, 0.3) is 0 Å². The molecule has 0 aliphatic rings. The van der Waals surface area contributed by atoms with Crippen LogP contribution in [0.2, 0.25) is 0 Å². The summed E-state index contributed by atoms with van der Waals surface area (Å²) in [5.74, 6) is 1.00. The molecule has 6 nitrogen and oxygen atoms in total. The Balaban J connectivity index is 1.98. The first kappa shape index (κ1) is 15.0. The van der Waals surface area contributed by atoms with Crippen molar-refractivity contribution in [2.45, 2.75) is 26.4 Å². The third-order valence-corrected chi connectivity index (χ3v) is 2.72. The summed E-state index contributed by atoms with van der Waals surface area (Å²) in [7, 11) is 1.77. The number of benzene rings is 1. The van der Waals surface area contributed by atoms with Crippen LogP contribution in [-0.2, 0) is 6.42 Å². The largest absolute Gasteiger partial charge is 0.461 e. The third-order valence-electron chi connectivity index (χ3n) is 2.72. The minimum absolute atomic E-state index is 0.0225. The number of aromatic nitrogens is 3. The van der Waals surface area contributed by atoms with Gasteiger partial charge in [0.2, 0.25) is 11.9 Å². The van der Waals surface area contributed by atoms with Crippen molar-refractivity contribution in [2.75, 3.05) is 24.2 Å². The van der Waals surface area contributed by atoms with Crippen LogP contribution in [0.25, 0.3) is 0 Å². The number of rotatable bonds is 7. The molecule has 0 radical (unpaired) electrons. The first-order valence-corrected chi connectivity index (χ1v) is 7.05. The molecular formula is C15H21N5O. The maximum absolute atomic E-state index is 5.52. The number of nitrogens with zero attached hydrogens (tertiary/aromatic N) is 3. The van der Waals surface area contributed by atoms with E-state index in [4.69, 9.17) is 4.74 Å². The first-order valence-electron chi connectivity index (χ1n) is 7.05. The lowest BCUT2D eigenvalue weighted by Crippen LogP contribution is -2.14. The standard InChI is InChI=1S/C15H21N5O/c1-11(2)21-15-19-13(16-3)18-14(20-15)17-10-9-12-7-5-4-6-8-12/h4-8,11H,9-10H2,1-3H3,(H2,16,17,18,19,20). The second kappa shape index (κ2) is 7.42. The van der Waals surface area contributed by atoms with Gasteiger partial charge in [-0.05, 0) is 25.8 Å². The highest BCUT2D eigenvalue weighted by Gasteiger charge is 2.07. The van der Waals surface area contributed by atoms with E-state index in [1.54, 1.807) is 7.05 Å². The molecule has 0 fully saturated rings. The van der Waals surface area contributed by atoms with Crippen molar-refractivity contribution < 1.29 is 4.74 Å². The molecule has 1 aromatic heterocycles. The number of hydrogen-bond donors (Lipinski definition) is 2. The van der Waals surface area contributed by atoms with Crippen molar-refractivity contribution in [3.63, 3.8) is 0 Å². The summed E-state index contributed by atoms with van der Waals surface area (Å²) in [4.78, 5) is 12.7. The van der Waals surface area contributed by atoms with Gasteiger partial charge in [0, 0.05) is 13.6 Å². The lowest BCUT2D eigenvalue weighted by atomic mass is 10.1. The Bertz CT molecular complexity index is 559. The molecule has 2 aromatic rings. The van der Waals surface area contributed by atoms with Gasteiger partial charge >= 0.3 is 6.01 Å². The molecule has 0 aliphatic heterocycles. The number of nitrogens with one attached hydrogen (secondary N) is 2. The summed E-state index contributed by atoms with van der Waals surface area (Å²) in [5.41, 5.74) is 1.27. The Morgan fingerprint density at radius 2 is 1.76 bits per heavy atom. The minimum atomic E-state index is 0.0225. The van der Waals surface area contributed by atoms with Crippen LogP contribution < -0.4 is 15.4 Å².